The summed E-state index contributed by atoms with van der Waals surface area (Å²) in [5.74, 6) is 2.61. The monoisotopic (exact) mass is 308 g/mol. The van der Waals surface area contributed by atoms with Crippen LogP contribution in [-0.2, 0) is 18.3 Å². The van der Waals surface area contributed by atoms with Crippen LogP contribution in [0.5, 0.6) is 0 Å². The quantitative estimate of drug-likeness (QED) is 0.907. The molecule has 2 aliphatic heterocycles. The fraction of sp³-hybridized carbons (Fsp3) is 0.875. The maximum absolute atomic E-state index is 11.2. The predicted octanol–water partition coefficient (Wildman–Crippen LogP) is 1.12. The molecular weight excluding hydrogens is 280 g/mol. The lowest BCUT2D eigenvalue weighted by Crippen LogP contribution is -2.55. The highest BCUT2D eigenvalue weighted by Crippen LogP contribution is 2.39. The first-order valence-corrected chi connectivity index (χ1v) is 8.38. The Labute approximate surface area is 132 Å². The molecule has 1 aromatic rings. The van der Waals surface area contributed by atoms with E-state index < -0.39 is 5.60 Å². The van der Waals surface area contributed by atoms with Crippen LogP contribution in [0.15, 0.2) is 0 Å². The van der Waals surface area contributed by atoms with Crippen molar-refractivity contribution >= 4 is 0 Å². The second-order valence-corrected chi connectivity index (χ2v) is 6.99. The number of hydrogen-bond acceptors (Lipinski definition) is 5. The SMILES string of the molecule is Cc1nnc(CN2CC[C@@](O)(C3CCOCC3)[C@H](C)C2)n1C. The normalized spacial score (nSPS) is 31.5. The topological polar surface area (TPSA) is 63.4 Å². The number of likely N-dealkylation sites (tertiary alicyclic amines) is 1. The van der Waals surface area contributed by atoms with Crippen LogP contribution in [0.1, 0.15) is 37.8 Å². The van der Waals surface area contributed by atoms with E-state index in [-0.39, 0.29) is 5.92 Å². The Balaban J connectivity index is 1.63. The molecule has 0 aliphatic carbocycles. The fourth-order valence-electron chi connectivity index (χ4n) is 3.96. The Kier molecular flexibility index (Phi) is 4.52. The predicted molar refractivity (Wildman–Crippen MR) is 83.3 cm³/mol. The van der Waals surface area contributed by atoms with E-state index >= 15 is 0 Å². The molecule has 6 heteroatoms. The molecule has 1 aromatic heterocycles. The van der Waals surface area contributed by atoms with Gasteiger partial charge in [0.1, 0.15) is 11.6 Å². The van der Waals surface area contributed by atoms with Gasteiger partial charge in [-0.1, -0.05) is 6.92 Å². The molecule has 0 bridgehead atoms. The van der Waals surface area contributed by atoms with Gasteiger partial charge in [-0.05, 0) is 38.0 Å². The van der Waals surface area contributed by atoms with E-state index in [1.54, 1.807) is 0 Å². The minimum Gasteiger partial charge on any atom is -0.389 e. The van der Waals surface area contributed by atoms with Gasteiger partial charge in [-0.2, -0.15) is 0 Å². The average Bonchev–Trinajstić information content (AvgIpc) is 2.84. The highest BCUT2D eigenvalue weighted by atomic mass is 16.5. The largest absolute Gasteiger partial charge is 0.389 e. The van der Waals surface area contributed by atoms with Gasteiger partial charge in [0, 0.05) is 33.4 Å². The molecule has 2 atom stereocenters. The number of nitrogens with zero attached hydrogens (tertiary/aromatic N) is 4. The highest BCUT2D eigenvalue weighted by Gasteiger charge is 2.45. The molecule has 0 spiro atoms. The summed E-state index contributed by atoms with van der Waals surface area (Å²) in [7, 11) is 2.01. The van der Waals surface area contributed by atoms with Gasteiger partial charge >= 0.3 is 0 Å². The molecule has 0 unspecified atom stereocenters. The third-order valence-electron chi connectivity index (χ3n) is 5.69. The van der Waals surface area contributed by atoms with E-state index in [4.69, 9.17) is 4.74 Å². The van der Waals surface area contributed by atoms with E-state index in [1.807, 2.05) is 18.5 Å². The summed E-state index contributed by atoms with van der Waals surface area (Å²) >= 11 is 0. The molecule has 1 N–H and O–H groups in total. The van der Waals surface area contributed by atoms with Gasteiger partial charge in [-0.15, -0.1) is 10.2 Å². The zero-order valence-corrected chi connectivity index (χ0v) is 14.0. The molecule has 2 saturated heterocycles. The van der Waals surface area contributed by atoms with Crippen molar-refractivity contribution in [3.63, 3.8) is 0 Å². The van der Waals surface area contributed by atoms with Crippen LogP contribution >= 0.6 is 0 Å². The summed E-state index contributed by atoms with van der Waals surface area (Å²) in [5.41, 5.74) is -0.532. The van der Waals surface area contributed by atoms with Gasteiger partial charge < -0.3 is 14.4 Å². The molecule has 2 aliphatic rings. The van der Waals surface area contributed by atoms with Crippen LogP contribution in [0, 0.1) is 18.8 Å². The molecule has 3 rings (SSSR count). The molecule has 124 valence electrons. The van der Waals surface area contributed by atoms with Crippen LogP contribution in [0.2, 0.25) is 0 Å². The molecule has 0 aromatic carbocycles. The van der Waals surface area contributed by atoms with E-state index in [0.717, 1.165) is 63.8 Å². The van der Waals surface area contributed by atoms with Crippen molar-refractivity contribution < 1.29 is 9.84 Å². The summed E-state index contributed by atoms with van der Waals surface area (Å²) in [6.07, 6.45) is 2.82. The number of hydrogen-bond donors (Lipinski definition) is 1. The standard InChI is InChI=1S/C16H28N4O2/c1-12-10-20(11-15-18-17-13(2)19(15)3)7-6-16(12,21)14-4-8-22-9-5-14/h12,14,21H,4-11H2,1-3H3/t12-,16+/m1/s1. The second kappa shape index (κ2) is 6.26. The van der Waals surface area contributed by atoms with Crippen LogP contribution in [0.3, 0.4) is 0 Å². The van der Waals surface area contributed by atoms with Gasteiger partial charge in [-0.3, -0.25) is 4.90 Å². The summed E-state index contributed by atoms with van der Waals surface area (Å²) in [6.45, 7) is 8.39. The molecule has 6 nitrogen and oxygen atoms in total. The van der Waals surface area contributed by atoms with Crippen LogP contribution in [-0.4, -0.2) is 56.7 Å². The summed E-state index contributed by atoms with van der Waals surface area (Å²) in [6, 6.07) is 0. The second-order valence-electron chi connectivity index (χ2n) is 6.99. The Hall–Kier alpha value is -0.980. The number of aryl methyl sites for hydroxylation is 1. The van der Waals surface area contributed by atoms with Crippen molar-refractivity contribution in [3.8, 4) is 0 Å². The summed E-state index contributed by atoms with van der Waals surface area (Å²) in [4.78, 5) is 2.39. The molecule has 0 radical (unpaired) electrons. The van der Waals surface area contributed by atoms with Gasteiger partial charge in [0.15, 0.2) is 0 Å². The molecule has 3 heterocycles. The lowest BCUT2D eigenvalue weighted by atomic mass is 9.70. The number of aliphatic hydroxyl groups is 1. The van der Waals surface area contributed by atoms with E-state index in [9.17, 15) is 5.11 Å². The lowest BCUT2D eigenvalue weighted by Gasteiger charge is -2.48. The van der Waals surface area contributed by atoms with Crippen molar-refractivity contribution in [1.29, 1.82) is 0 Å². The first-order valence-electron chi connectivity index (χ1n) is 8.38. The van der Waals surface area contributed by atoms with Crippen LogP contribution in [0.4, 0.5) is 0 Å². The van der Waals surface area contributed by atoms with E-state index in [0.29, 0.717) is 5.92 Å². The van der Waals surface area contributed by atoms with Crippen molar-refractivity contribution in [2.24, 2.45) is 18.9 Å². The molecule has 0 amide bonds. The minimum absolute atomic E-state index is 0.277. The molecule has 2 fully saturated rings. The Morgan fingerprint density at radius 1 is 1.32 bits per heavy atom. The average molecular weight is 308 g/mol. The smallest absolute Gasteiger partial charge is 0.146 e. The van der Waals surface area contributed by atoms with Gasteiger partial charge in [0.05, 0.1) is 12.1 Å². The van der Waals surface area contributed by atoms with Crippen LogP contribution in [0.25, 0.3) is 0 Å². The first-order chi connectivity index (χ1) is 10.5. The van der Waals surface area contributed by atoms with E-state index in [1.165, 1.54) is 0 Å². The lowest BCUT2D eigenvalue weighted by molar-refractivity contribution is -0.132. The fourth-order valence-corrected chi connectivity index (χ4v) is 3.96. The summed E-state index contributed by atoms with van der Waals surface area (Å²) < 4.78 is 7.49. The Bertz CT molecular complexity index is 512. The number of piperidine rings is 1. The molecular formula is C16H28N4O2. The zero-order chi connectivity index (χ0) is 15.7. The molecule has 22 heavy (non-hydrogen) atoms. The first kappa shape index (κ1) is 15.9. The Morgan fingerprint density at radius 2 is 2.05 bits per heavy atom. The van der Waals surface area contributed by atoms with Crippen molar-refractivity contribution in [2.45, 2.75) is 45.3 Å². The number of rotatable bonds is 3. The van der Waals surface area contributed by atoms with Gasteiger partial charge in [-0.25, -0.2) is 0 Å². The van der Waals surface area contributed by atoms with Crippen molar-refractivity contribution in [3.05, 3.63) is 11.6 Å². The van der Waals surface area contributed by atoms with Crippen molar-refractivity contribution in [2.75, 3.05) is 26.3 Å². The summed E-state index contributed by atoms with van der Waals surface area (Å²) in [5, 5.41) is 19.6. The van der Waals surface area contributed by atoms with Crippen LogP contribution < -0.4 is 0 Å². The molecule has 0 saturated carbocycles. The highest BCUT2D eigenvalue weighted by molar-refractivity contribution is 4.99. The zero-order valence-electron chi connectivity index (χ0n) is 14.0. The third kappa shape index (κ3) is 2.92. The number of aromatic nitrogens is 3. The maximum Gasteiger partial charge on any atom is 0.146 e. The van der Waals surface area contributed by atoms with Gasteiger partial charge in [0.25, 0.3) is 0 Å². The van der Waals surface area contributed by atoms with Crippen molar-refractivity contribution in [1.82, 2.24) is 19.7 Å². The number of ether oxygens (including phenoxy) is 1. The maximum atomic E-state index is 11.2. The Morgan fingerprint density at radius 3 is 2.64 bits per heavy atom. The third-order valence-corrected chi connectivity index (χ3v) is 5.69. The van der Waals surface area contributed by atoms with Gasteiger partial charge in [0.2, 0.25) is 0 Å². The van der Waals surface area contributed by atoms with E-state index in [2.05, 4.69) is 22.0 Å². The minimum atomic E-state index is -0.532.